The van der Waals surface area contributed by atoms with Crippen molar-refractivity contribution in [3.63, 3.8) is 0 Å². The van der Waals surface area contributed by atoms with Gasteiger partial charge in [0, 0.05) is 30.9 Å². The molecule has 0 aliphatic heterocycles. The van der Waals surface area contributed by atoms with Gasteiger partial charge in [-0.25, -0.2) is 9.37 Å². The molecule has 2 N–H and O–H groups in total. The molecule has 0 atom stereocenters. The fourth-order valence-corrected chi connectivity index (χ4v) is 1.88. The largest absolute Gasteiger partial charge is 0.439 e. The fraction of sp³-hybridized carbons (Fsp3) is 0.0667. The lowest BCUT2D eigenvalue weighted by atomic mass is 10.2. The normalized spacial score (nSPS) is 10.6. The number of aromatic nitrogens is 3. The van der Waals surface area contributed by atoms with E-state index >= 15 is 0 Å². The van der Waals surface area contributed by atoms with Gasteiger partial charge in [0.05, 0.1) is 17.6 Å². The van der Waals surface area contributed by atoms with Crippen LogP contribution in [0.2, 0.25) is 0 Å². The molecule has 106 valence electrons. The second-order valence-corrected chi connectivity index (χ2v) is 4.55. The van der Waals surface area contributed by atoms with Crippen LogP contribution in [0.5, 0.6) is 11.6 Å². The number of nitrogen functional groups attached to an aromatic ring is 1. The molecule has 0 aliphatic carbocycles. The van der Waals surface area contributed by atoms with Gasteiger partial charge >= 0.3 is 0 Å². The van der Waals surface area contributed by atoms with E-state index in [1.807, 2.05) is 25.4 Å². The molecule has 0 fully saturated rings. The molecule has 5 nitrogen and oxygen atoms in total. The van der Waals surface area contributed by atoms with Crippen LogP contribution >= 0.6 is 0 Å². The number of nitrogens with two attached hydrogens (primary N) is 1. The molecule has 0 unspecified atom stereocenters. The van der Waals surface area contributed by atoms with E-state index in [9.17, 15) is 4.39 Å². The van der Waals surface area contributed by atoms with Crippen molar-refractivity contribution >= 4 is 5.69 Å². The first-order valence-corrected chi connectivity index (χ1v) is 6.31. The standard InChI is InChI=1S/C15H13FN4O/c1-20-9-10(8-18-20)14-3-2-4-15(19-14)21-11-5-6-13(17)12(16)7-11/h2-9H,17H2,1H3. The Morgan fingerprint density at radius 1 is 1.24 bits per heavy atom. The molecule has 3 rings (SSSR count). The Morgan fingerprint density at radius 3 is 2.81 bits per heavy atom. The molecular formula is C15H13FN4O. The second kappa shape index (κ2) is 5.24. The summed E-state index contributed by atoms with van der Waals surface area (Å²) in [6, 6.07) is 9.65. The minimum atomic E-state index is -0.518. The Balaban J connectivity index is 1.87. The van der Waals surface area contributed by atoms with Crippen molar-refractivity contribution in [2.75, 3.05) is 5.73 Å². The molecule has 0 amide bonds. The monoisotopic (exact) mass is 284 g/mol. The third-order valence-corrected chi connectivity index (χ3v) is 2.92. The van der Waals surface area contributed by atoms with Crippen molar-refractivity contribution < 1.29 is 9.13 Å². The van der Waals surface area contributed by atoms with E-state index in [0.29, 0.717) is 11.6 Å². The van der Waals surface area contributed by atoms with E-state index in [0.717, 1.165) is 11.3 Å². The van der Waals surface area contributed by atoms with E-state index in [1.165, 1.54) is 12.1 Å². The topological polar surface area (TPSA) is 66.0 Å². The van der Waals surface area contributed by atoms with Crippen LogP contribution in [0.4, 0.5) is 10.1 Å². The van der Waals surface area contributed by atoms with Gasteiger partial charge in [0.1, 0.15) is 11.6 Å². The highest BCUT2D eigenvalue weighted by molar-refractivity contribution is 5.57. The molecule has 0 bridgehead atoms. The van der Waals surface area contributed by atoms with Crippen LogP contribution in [-0.2, 0) is 7.05 Å². The van der Waals surface area contributed by atoms with Crippen molar-refractivity contribution in [3.8, 4) is 22.9 Å². The lowest BCUT2D eigenvalue weighted by molar-refractivity contribution is 0.459. The summed E-state index contributed by atoms with van der Waals surface area (Å²) in [6.07, 6.45) is 3.57. The SMILES string of the molecule is Cn1cc(-c2cccc(Oc3ccc(N)c(F)c3)n2)cn1. The van der Waals surface area contributed by atoms with Crippen molar-refractivity contribution in [2.45, 2.75) is 0 Å². The first kappa shape index (κ1) is 13.1. The smallest absolute Gasteiger partial charge is 0.219 e. The number of rotatable bonds is 3. The van der Waals surface area contributed by atoms with Crippen molar-refractivity contribution in [2.24, 2.45) is 7.05 Å². The Morgan fingerprint density at radius 2 is 2.10 bits per heavy atom. The molecule has 0 aliphatic rings. The molecule has 1 aromatic carbocycles. The lowest BCUT2D eigenvalue weighted by Crippen LogP contribution is -1.93. The third kappa shape index (κ3) is 2.84. The average molecular weight is 284 g/mol. The number of aryl methyl sites for hydroxylation is 1. The van der Waals surface area contributed by atoms with Gasteiger partial charge in [-0.1, -0.05) is 6.07 Å². The van der Waals surface area contributed by atoms with Crippen LogP contribution in [0.1, 0.15) is 0 Å². The van der Waals surface area contributed by atoms with Crippen LogP contribution in [-0.4, -0.2) is 14.8 Å². The maximum Gasteiger partial charge on any atom is 0.219 e. The zero-order valence-electron chi connectivity index (χ0n) is 11.3. The van der Waals surface area contributed by atoms with Crippen molar-refractivity contribution in [1.29, 1.82) is 0 Å². The fourth-order valence-electron chi connectivity index (χ4n) is 1.88. The van der Waals surface area contributed by atoms with Gasteiger partial charge < -0.3 is 10.5 Å². The van der Waals surface area contributed by atoms with Crippen LogP contribution in [0.3, 0.4) is 0 Å². The van der Waals surface area contributed by atoms with E-state index in [1.54, 1.807) is 23.0 Å². The number of pyridine rings is 1. The summed E-state index contributed by atoms with van der Waals surface area (Å²) < 4.78 is 20.6. The van der Waals surface area contributed by atoms with E-state index < -0.39 is 5.82 Å². The summed E-state index contributed by atoms with van der Waals surface area (Å²) in [5.74, 6) is 0.203. The van der Waals surface area contributed by atoms with Crippen LogP contribution in [0, 0.1) is 5.82 Å². The minimum Gasteiger partial charge on any atom is -0.439 e. The summed E-state index contributed by atoms with van der Waals surface area (Å²) in [4.78, 5) is 4.37. The number of ether oxygens (including phenoxy) is 1. The summed E-state index contributed by atoms with van der Waals surface area (Å²) >= 11 is 0. The minimum absolute atomic E-state index is 0.0828. The Bertz CT molecular complexity index is 785. The summed E-state index contributed by atoms with van der Waals surface area (Å²) in [6.45, 7) is 0. The first-order chi connectivity index (χ1) is 10.1. The van der Waals surface area contributed by atoms with Crippen LogP contribution in [0.25, 0.3) is 11.3 Å². The van der Waals surface area contributed by atoms with E-state index in [2.05, 4.69) is 10.1 Å². The van der Waals surface area contributed by atoms with Crippen LogP contribution < -0.4 is 10.5 Å². The summed E-state index contributed by atoms with van der Waals surface area (Å²) in [7, 11) is 1.83. The maximum atomic E-state index is 13.4. The number of anilines is 1. The maximum absolute atomic E-state index is 13.4. The number of halogens is 1. The molecule has 0 saturated heterocycles. The zero-order chi connectivity index (χ0) is 14.8. The highest BCUT2D eigenvalue weighted by atomic mass is 19.1. The molecule has 0 saturated carbocycles. The molecule has 2 heterocycles. The Hall–Kier alpha value is -2.89. The van der Waals surface area contributed by atoms with Gasteiger partial charge in [-0.3, -0.25) is 4.68 Å². The van der Waals surface area contributed by atoms with Gasteiger partial charge in [-0.15, -0.1) is 0 Å². The predicted molar refractivity (Wildman–Crippen MR) is 77.3 cm³/mol. The van der Waals surface area contributed by atoms with E-state index in [-0.39, 0.29) is 5.69 Å². The van der Waals surface area contributed by atoms with Gasteiger partial charge in [-0.2, -0.15) is 5.10 Å². The lowest BCUT2D eigenvalue weighted by Gasteiger charge is -2.06. The number of nitrogens with zero attached hydrogens (tertiary/aromatic N) is 3. The molecule has 21 heavy (non-hydrogen) atoms. The Kier molecular flexibility index (Phi) is 3.27. The zero-order valence-corrected chi connectivity index (χ0v) is 11.3. The van der Waals surface area contributed by atoms with Crippen molar-refractivity contribution in [3.05, 3.63) is 54.6 Å². The van der Waals surface area contributed by atoms with Gasteiger partial charge in [0.25, 0.3) is 0 Å². The molecule has 0 spiro atoms. The predicted octanol–water partition coefficient (Wildman–Crippen LogP) is 3.00. The summed E-state index contributed by atoms with van der Waals surface area (Å²) in [5.41, 5.74) is 7.13. The highest BCUT2D eigenvalue weighted by Gasteiger charge is 2.06. The average Bonchev–Trinajstić information content (AvgIpc) is 2.90. The van der Waals surface area contributed by atoms with Gasteiger partial charge in [0.15, 0.2) is 0 Å². The molecule has 3 aromatic rings. The third-order valence-electron chi connectivity index (χ3n) is 2.92. The van der Waals surface area contributed by atoms with Gasteiger partial charge in [0.2, 0.25) is 5.88 Å². The Labute approximate surface area is 120 Å². The first-order valence-electron chi connectivity index (χ1n) is 6.31. The summed E-state index contributed by atoms with van der Waals surface area (Å²) in [5, 5.41) is 4.10. The van der Waals surface area contributed by atoms with Gasteiger partial charge in [-0.05, 0) is 18.2 Å². The van der Waals surface area contributed by atoms with Crippen LogP contribution in [0.15, 0.2) is 48.8 Å². The quantitative estimate of drug-likeness (QED) is 0.751. The molecule has 2 aromatic heterocycles. The van der Waals surface area contributed by atoms with E-state index in [4.69, 9.17) is 10.5 Å². The number of hydrogen-bond acceptors (Lipinski definition) is 4. The molecule has 0 radical (unpaired) electrons. The second-order valence-electron chi connectivity index (χ2n) is 4.55. The highest BCUT2D eigenvalue weighted by Crippen LogP contribution is 2.25. The number of benzene rings is 1. The van der Waals surface area contributed by atoms with Crippen molar-refractivity contribution in [1.82, 2.24) is 14.8 Å². The molecular weight excluding hydrogens is 271 g/mol. The molecule has 6 heteroatoms. The number of hydrogen-bond donors (Lipinski definition) is 1.